The summed E-state index contributed by atoms with van der Waals surface area (Å²) in [6, 6.07) is 1.82. The molecule has 1 amide bonds. The van der Waals surface area contributed by atoms with E-state index in [1.807, 2.05) is 6.92 Å². The average Bonchev–Trinajstić information content (AvgIpc) is 2.37. The summed E-state index contributed by atoms with van der Waals surface area (Å²) in [5.41, 5.74) is -1.61. The first-order valence-electron chi connectivity index (χ1n) is 6.51. The molecule has 0 aliphatic carbocycles. The molecule has 0 bridgehead atoms. The van der Waals surface area contributed by atoms with E-state index < -0.39 is 29.0 Å². The van der Waals surface area contributed by atoms with E-state index in [0.29, 0.717) is 24.7 Å². The molecule has 0 spiro atoms. The standard InChI is InChI=1S/C14H17F4NO/c1-2-3-4-5-8-19-13(20)11-9-10(14(16,17)18)6-7-12(11)15/h6-7,9H,2-5,8H2,1H3,(H,19,20). The van der Waals surface area contributed by atoms with E-state index in [4.69, 9.17) is 0 Å². The van der Waals surface area contributed by atoms with Gasteiger partial charge in [0.2, 0.25) is 0 Å². The topological polar surface area (TPSA) is 29.1 Å². The number of carbonyl (C=O) groups is 1. The third-order valence-electron chi connectivity index (χ3n) is 2.85. The first-order chi connectivity index (χ1) is 9.36. The number of carbonyl (C=O) groups excluding carboxylic acids is 1. The zero-order chi connectivity index (χ0) is 15.2. The molecular weight excluding hydrogens is 274 g/mol. The summed E-state index contributed by atoms with van der Waals surface area (Å²) in [6.07, 6.45) is -0.893. The van der Waals surface area contributed by atoms with Crippen LogP contribution in [0.3, 0.4) is 0 Å². The minimum Gasteiger partial charge on any atom is -0.352 e. The van der Waals surface area contributed by atoms with Crippen molar-refractivity contribution in [1.29, 1.82) is 0 Å². The van der Waals surface area contributed by atoms with Crippen molar-refractivity contribution >= 4 is 5.91 Å². The van der Waals surface area contributed by atoms with Gasteiger partial charge in [0.05, 0.1) is 11.1 Å². The van der Waals surface area contributed by atoms with Gasteiger partial charge in [-0.1, -0.05) is 26.2 Å². The van der Waals surface area contributed by atoms with Crippen LogP contribution in [0, 0.1) is 5.82 Å². The number of benzene rings is 1. The highest BCUT2D eigenvalue weighted by molar-refractivity contribution is 5.94. The van der Waals surface area contributed by atoms with Gasteiger partial charge in [0.15, 0.2) is 0 Å². The molecule has 1 aromatic carbocycles. The van der Waals surface area contributed by atoms with E-state index in [1.165, 1.54) is 0 Å². The van der Waals surface area contributed by atoms with Gasteiger partial charge in [0.25, 0.3) is 5.91 Å². The van der Waals surface area contributed by atoms with Gasteiger partial charge in [0.1, 0.15) is 5.82 Å². The summed E-state index contributed by atoms with van der Waals surface area (Å²) in [5.74, 6) is -1.77. The van der Waals surface area contributed by atoms with Crippen LogP contribution in [0.4, 0.5) is 17.6 Å². The molecule has 2 nitrogen and oxygen atoms in total. The Kier molecular flexibility index (Phi) is 5.98. The molecule has 0 fully saturated rings. The fourth-order valence-corrected chi connectivity index (χ4v) is 1.72. The first-order valence-corrected chi connectivity index (χ1v) is 6.51. The highest BCUT2D eigenvalue weighted by Gasteiger charge is 2.31. The van der Waals surface area contributed by atoms with Crippen LogP contribution < -0.4 is 5.32 Å². The molecule has 1 aromatic rings. The molecule has 0 atom stereocenters. The maximum absolute atomic E-state index is 13.4. The molecule has 1 rings (SSSR count). The minimum absolute atomic E-state index is 0.328. The quantitative estimate of drug-likeness (QED) is 0.619. The molecule has 0 radical (unpaired) electrons. The Morgan fingerprint density at radius 3 is 2.50 bits per heavy atom. The van der Waals surface area contributed by atoms with Gasteiger partial charge in [-0.05, 0) is 24.6 Å². The van der Waals surface area contributed by atoms with E-state index >= 15 is 0 Å². The third kappa shape index (κ3) is 4.83. The number of amides is 1. The van der Waals surface area contributed by atoms with Crippen molar-refractivity contribution in [1.82, 2.24) is 5.32 Å². The molecule has 0 aliphatic rings. The lowest BCUT2D eigenvalue weighted by atomic mass is 10.1. The molecule has 0 saturated heterocycles. The SMILES string of the molecule is CCCCCCNC(=O)c1cc(C(F)(F)F)ccc1F. The number of nitrogens with one attached hydrogen (secondary N) is 1. The average molecular weight is 291 g/mol. The molecule has 0 heterocycles. The highest BCUT2D eigenvalue weighted by atomic mass is 19.4. The third-order valence-corrected chi connectivity index (χ3v) is 2.85. The summed E-state index contributed by atoms with van der Waals surface area (Å²) < 4.78 is 50.9. The lowest BCUT2D eigenvalue weighted by Crippen LogP contribution is -2.26. The molecule has 0 unspecified atom stereocenters. The zero-order valence-electron chi connectivity index (χ0n) is 11.2. The summed E-state index contributed by atoms with van der Waals surface area (Å²) in [5, 5.41) is 2.43. The van der Waals surface area contributed by atoms with E-state index in [9.17, 15) is 22.4 Å². The minimum atomic E-state index is -4.59. The van der Waals surface area contributed by atoms with Crippen LogP contribution in [0.2, 0.25) is 0 Å². The van der Waals surface area contributed by atoms with Crippen LogP contribution in [-0.2, 0) is 6.18 Å². The van der Waals surface area contributed by atoms with E-state index in [1.54, 1.807) is 0 Å². The molecule has 20 heavy (non-hydrogen) atoms. The Bertz CT molecular complexity index is 457. The molecule has 1 N–H and O–H groups in total. The van der Waals surface area contributed by atoms with Crippen molar-refractivity contribution in [2.75, 3.05) is 6.54 Å². The smallest absolute Gasteiger partial charge is 0.352 e. The van der Waals surface area contributed by atoms with E-state index in [0.717, 1.165) is 25.7 Å². The van der Waals surface area contributed by atoms with Crippen LogP contribution >= 0.6 is 0 Å². The van der Waals surface area contributed by atoms with E-state index in [-0.39, 0.29) is 0 Å². The largest absolute Gasteiger partial charge is 0.416 e. The molecule has 6 heteroatoms. The molecule has 0 saturated carbocycles. The fraction of sp³-hybridized carbons (Fsp3) is 0.500. The van der Waals surface area contributed by atoms with Crippen LogP contribution in [-0.4, -0.2) is 12.5 Å². The van der Waals surface area contributed by atoms with Crippen molar-refractivity contribution < 1.29 is 22.4 Å². The Hall–Kier alpha value is -1.59. The second kappa shape index (κ2) is 7.26. The van der Waals surface area contributed by atoms with Gasteiger partial charge in [0, 0.05) is 6.54 Å². The Balaban J connectivity index is 2.67. The molecule has 0 aliphatic heterocycles. The van der Waals surface area contributed by atoms with Crippen LogP contribution in [0.1, 0.15) is 48.5 Å². The lowest BCUT2D eigenvalue weighted by molar-refractivity contribution is -0.137. The van der Waals surface area contributed by atoms with Crippen molar-refractivity contribution in [3.63, 3.8) is 0 Å². The molecular formula is C14H17F4NO. The van der Waals surface area contributed by atoms with Crippen molar-refractivity contribution in [3.05, 3.63) is 35.1 Å². The monoisotopic (exact) mass is 291 g/mol. The lowest BCUT2D eigenvalue weighted by Gasteiger charge is -2.10. The predicted molar refractivity (Wildman–Crippen MR) is 67.9 cm³/mol. The van der Waals surface area contributed by atoms with Gasteiger partial charge >= 0.3 is 6.18 Å². The maximum atomic E-state index is 13.4. The van der Waals surface area contributed by atoms with Crippen molar-refractivity contribution in [2.45, 2.75) is 38.8 Å². The van der Waals surface area contributed by atoms with Gasteiger partial charge in [-0.2, -0.15) is 13.2 Å². The van der Waals surface area contributed by atoms with Crippen LogP contribution in [0.5, 0.6) is 0 Å². The Morgan fingerprint density at radius 2 is 1.90 bits per heavy atom. The van der Waals surface area contributed by atoms with E-state index in [2.05, 4.69) is 5.32 Å². The fourth-order valence-electron chi connectivity index (χ4n) is 1.72. The van der Waals surface area contributed by atoms with Crippen molar-refractivity contribution in [2.24, 2.45) is 0 Å². The molecule has 112 valence electrons. The summed E-state index contributed by atoms with van der Waals surface area (Å²) in [7, 11) is 0. The first kappa shape index (κ1) is 16.5. The number of hydrogen-bond acceptors (Lipinski definition) is 1. The summed E-state index contributed by atoms with van der Waals surface area (Å²) in [4.78, 5) is 11.7. The Labute approximate surface area is 115 Å². The predicted octanol–water partition coefficient (Wildman–Crippen LogP) is 4.15. The molecule has 0 aromatic heterocycles. The van der Waals surface area contributed by atoms with Gasteiger partial charge < -0.3 is 5.32 Å². The van der Waals surface area contributed by atoms with Crippen molar-refractivity contribution in [3.8, 4) is 0 Å². The van der Waals surface area contributed by atoms with Crippen LogP contribution in [0.25, 0.3) is 0 Å². The normalized spacial score (nSPS) is 11.4. The second-order valence-corrected chi connectivity index (χ2v) is 4.51. The summed E-state index contributed by atoms with van der Waals surface area (Å²) in [6.45, 7) is 2.37. The Morgan fingerprint density at radius 1 is 1.20 bits per heavy atom. The highest BCUT2D eigenvalue weighted by Crippen LogP contribution is 2.30. The number of halogens is 4. The van der Waals surface area contributed by atoms with Gasteiger partial charge in [-0.15, -0.1) is 0 Å². The van der Waals surface area contributed by atoms with Gasteiger partial charge in [-0.25, -0.2) is 4.39 Å². The number of unbranched alkanes of at least 4 members (excludes halogenated alkanes) is 3. The zero-order valence-corrected chi connectivity index (χ0v) is 11.2. The second-order valence-electron chi connectivity index (χ2n) is 4.51. The summed E-state index contributed by atoms with van der Waals surface area (Å²) >= 11 is 0. The maximum Gasteiger partial charge on any atom is 0.416 e. The van der Waals surface area contributed by atoms with Crippen LogP contribution in [0.15, 0.2) is 18.2 Å². The number of alkyl halides is 3. The number of hydrogen-bond donors (Lipinski definition) is 1. The van der Waals surface area contributed by atoms with Gasteiger partial charge in [-0.3, -0.25) is 4.79 Å². The number of rotatable bonds is 6.